The molecule has 1 aromatic heterocycles. The maximum Gasteiger partial charge on any atom is 0.335 e. The van der Waals surface area contributed by atoms with Crippen LogP contribution in [0.25, 0.3) is 6.08 Å². The van der Waals surface area contributed by atoms with Gasteiger partial charge < -0.3 is 9.52 Å². The summed E-state index contributed by atoms with van der Waals surface area (Å²) in [6, 6.07) is 9.92. The number of hydrogen-bond donors (Lipinski definition) is 1. The van der Waals surface area contributed by atoms with Gasteiger partial charge in [0.05, 0.1) is 16.2 Å². The predicted molar refractivity (Wildman–Crippen MR) is 105 cm³/mol. The second-order valence-corrected chi connectivity index (χ2v) is 7.12. The number of thioether (sulfide) groups is 1. The zero-order valence-electron chi connectivity index (χ0n) is 13.1. The molecule has 2 aromatic rings. The lowest BCUT2D eigenvalue weighted by atomic mass is 10.2. The van der Waals surface area contributed by atoms with Crippen LogP contribution >= 0.6 is 34.4 Å². The molecule has 1 aromatic carbocycles. The van der Waals surface area contributed by atoms with Crippen molar-refractivity contribution in [1.29, 1.82) is 0 Å². The van der Waals surface area contributed by atoms with E-state index in [9.17, 15) is 9.59 Å². The van der Waals surface area contributed by atoms with Gasteiger partial charge in [0.15, 0.2) is 8.93 Å². The molecule has 1 saturated heterocycles. The van der Waals surface area contributed by atoms with Crippen LogP contribution in [0.2, 0.25) is 0 Å². The Kier molecular flexibility index (Phi) is 5.28. The first kappa shape index (κ1) is 17.7. The van der Waals surface area contributed by atoms with E-state index in [0.29, 0.717) is 28.1 Å². The third kappa shape index (κ3) is 3.96. The lowest BCUT2D eigenvalue weighted by Gasteiger charge is -2.12. The van der Waals surface area contributed by atoms with Crippen molar-refractivity contribution >= 4 is 63.2 Å². The number of furan rings is 1. The van der Waals surface area contributed by atoms with Crippen molar-refractivity contribution in [3.05, 3.63) is 56.4 Å². The van der Waals surface area contributed by atoms with Crippen LogP contribution < -0.4 is 0 Å². The highest BCUT2D eigenvalue weighted by Crippen LogP contribution is 2.34. The van der Waals surface area contributed by atoms with Crippen LogP contribution in [-0.4, -0.2) is 33.6 Å². The summed E-state index contributed by atoms with van der Waals surface area (Å²) in [6.45, 7) is 2.33. The Hall–Kier alpha value is -2.07. The van der Waals surface area contributed by atoms with Crippen molar-refractivity contribution in [2.45, 2.75) is 6.92 Å². The summed E-state index contributed by atoms with van der Waals surface area (Å²) in [5.41, 5.74) is 0.641. The van der Waals surface area contributed by atoms with Gasteiger partial charge in [-0.1, -0.05) is 6.07 Å². The number of aromatic carboxylic acids is 1. The quantitative estimate of drug-likeness (QED) is 0.537. The number of halogens is 1. The molecule has 8 heteroatoms. The first-order valence-corrected chi connectivity index (χ1v) is 9.26. The van der Waals surface area contributed by atoms with E-state index in [4.69, 9.17) is 9.52 Å². The number of amides is 1. The van der Waals surface area contributed by atoms with E-state index in [1.165, 1.54) is 23.9 Å². The summed E-state index contributed by atoms with van der Waals surface area (Å²) < 4.78 is 6.22. The van der Waals surface area contributed by atoms with Crippen LogP contribution in [0.3, 0.4) is 0 Å². The number of amidine groups is 1. The summed E-state index contributed by atoms with van der Waals surface area (Å²) in [6.07, 6.45) is 1.69. The number of likely N-dealkylation sites (N-methyl/N-ethyl adjacent to an activating group) is 1. The third-order valence-corrected chi connectivity index (χ3v) is 4.98. The van der Waals surface area contributed by atoms with E-state index >= 15 is 0 Å². The van der Waals surface area contributed by atoms with Crippen LogP contribution in [-0.2, 0) is 4.79 Å². The zero-order valence-corrected chi connectivity index (χ0v) is 16.1. The molecule has 1 N–H and O–H groups in total. The Bertz CT molecular complexity index is 904. The second-order valence-electron chi connectivity index (χ2n) is 5.05. The van der Waals surface area contributed by atoms with Crippen molar-refractivity contribution < 1.29 is 19.1 Å². The topological polar surface area (TPSA) is 83.1 Å². The van der Waals surface area contributed by atoms with E-state index in [1.54, 1.807) is 29.2 Å². The highest BCUT2D eigenvalue weighted by atomic mass is 127. The molecule has 1 amide bonds. The average molecular weight is 468 g/mol. The van der Waals surface area contributed by atoms with E-state index in [0.717, 1.165) is 3.77 Å². The number of hydrogen-bond acceptors (Lipinski definition) is 5. The van der Waals surface area contributed by atoms with E-state index in [-0.39, 0.29) is 11.5 Å². The number of carboxylic acid groups (broad SMARTS) is 1. The minimum atomic E-state index is -1.02. The van der Waals surface area contributed by atoms with Gasteiger partial charge in [-0.25, -0.2) is 9.79 Å². The van der Waals surface area contributed by atoms with Crippen molar-refractivity contribution in [3.8, 4) is 0 Å². The smallest absolute Gasteiger partial charge is 0.335 e. The molecule has 0 saturated carbocycles. The molecule has 0 aliphatic carbocycles. The van der Waals surface area contributed by atoms with E-state index in [1.807, 2.05) is 13.0 Å². The highest BCUT2D eigenvalue weighted by Gasteiger charge is 2.32. The van der Waals surface area contributed by atoms with Crippen molar-refractivity contribution in [3.63, 3.8) is 0 Å². The minimum Gasteiger partial charge on any atom is -0.478 e. The van der Waals surface area contributed by atoms with Gasteiger partial charge in [0.25, 0.3) is 5.91 Å². The van der Waals surface area contributed by atoms with Crippen LogP contribution in [0.15, 0.2) is 50.7 Å². The Morgan fingerprint density at radius 3 is 2.84 bits per heavy atom. The first-order valence-electron chi connectivity index (χ1n) is 7.36. The Balaban J connectivity index is 1.93. The summed E-state index contributed by atoms with van der Waals surface area (Å²) >= 11 is 3.30. The molecule has 1 aliphatic heterocycles. The van der Waals surface area contributed by atoms with Crippen LogP contribution in [0.4, 0.5) is 5.69 Å². The molecule has 128 valence electrons. The molecule has 0 radical (unpaired) electrons. The fourth-order valence-electron chi connectivity index (χ4n) is 2.22. The fourth-order valence-corrected chi connectivity index (χ4v) is 3.70. The molecule has 1 aliphatic rings. The molecular formula is C17H13IN2O4S. The molecule has 3 rings (SSSR count). The summed E-state index contributed by atoms with van der Waals surface area (Å²) in [5.74, 6) is -0.560. The standard InChI is InChI=1S/C17H13IN2O4S/c1-2-20-15(21)13(9-12-6-7-14(18)24-12)25-17(20)19-11-5-3-4-10(8-11)16(22)23/h3-9H,2H2,1H3,(H,22,23). The van der Waals surface area contributed by atoms with Gasteiger partial charge in [-0.05, 0) is 71.6 Å². The zero-order chi connectivity index (χ0) is 18.0. The number of rotatable bonds is 4. The molecule has 0 spiro atoms. The van der Waals surface area contributed by atoms with E-state index in [2.05, 4.69) is 27.6 Å². The van der Waals surface area contributed by atoms with Gasteiger partial charge in [0.2, 0.25) is 0 Å². The monoisotopic (exact) mass is 468 g/mol. The summed E-state index contributed by atoms with van der Waals surface area (Å²) in [4.78, 5) is 30.1. The maximum atomic E-state index is 12.5. The van der Waals surface area contributed by atoms with Crippen LogP contribution in [0, 0.1) is 3.77 Å². The van der Waals surface area contributed by atoms with Gasteiger partial charge >= 0.3 is 5.97 Å². The Morgan fingerprint density at radius 1 is 1.40 bits per heavy atom. The molecule has 0 atom stereocenters. The molecule has 1 fully saturated rings. The van der Waals surface area contributed by atoms with Crippen LogP contribution in [0.5, 0.6) is 0 Å². The summed E-state index contributed by atoms with van der Waals surface area (Å²) in [5, 5.41) is 9.60. The molecule has 25 heavy (non-hydrogen) atoms. The number of carbonyl (C=O) groups excluding carboxylic acids is 1. The fraction of sp³-hybridized carbons (Fsp3) is 0.118. The van der Waals surface area contributed by atoms with Gasteiger partial charge in [0, 0.05) is 12.6 Å². The summed E-state index contributed by atoms with van der Waals surface area (Å²) in [7, 11) is 0. The normalized spacial score (nSPS) is 17.7. The molecule has 2 heterocycles. The van der Waals surface area contributed by atoms with Gasteiger partial charge in [0.1, 0.15) is 5.76 Å². The van der Waals surface area contributed by atoms with Crippen LogP contribution in [0.1, 0.15) is 23.0 Å². The lowest BCUT2D eigenvalue weighted by molar-refractivity contribution is -0.122. The Morgan fingerprint density at radius 2 is 2.20 bits per heavy atom. The number of nitrogens with zero attached hydrogens (tertiary/aromatic N) is 2. The van der Waals surface area contributed by atoms with E-state index < -0.39 is 5.97 Å². The van der Waals surface area contributed by atoms with Crippen molar-refractivity contribution in [2.75, 3.05) is 6.54 Å². The van der Waals surface area contributed by atoms with Crippen molar-refractivity contribution in [1.82, 2.24) is 4.90 Å². The number of benzene rings is 1. The first-order chi connectivity index (χ1) is 12.0. The molecule has 0 unspecified atom stereocenters. The number of carbonyl (C=O) groups is 2. The van der Waals surface area contributed by atoms with Crippen molar-refractivity contribution in [2.24, 2.45) is 4.99 Å². The molecule has 0 bridgehead atoms. The molecular weight excluding hydrogens is 455 g/mol. The highest BCUT2D eigenvalue weighted by molar-refractivity contribution is 14.1. The number of carboxylic acids is 1. The van der Waals surface area contributed by atoms with Gasteiger partial charge in [-0.15, -0.1) is 0 Å². The molecule has 6 nitrogen and oxygen atoms in total. The Labute approximate surface area is 161 Å². The third-order valence-electron chi connectivity index (χ3n) is 3.39. The lowest BCUT2D eigenvalue weighted by Crippen LogP contribution is -2.28. The predicted octanol–water partition coefficient (Wildman–Crippen LogP) is 4.21. The van der Waals surface area contributed by atoms with Gasteiger partial charge in [-0.2, -0.15) is 0 Å². The average Bonchev–Trinajstić information content (AvgIpc) is 3.11. The maximum absolute atomic E-state index is 12.5. The largest absolute Gasteiger partial charge is 0.478 e. The number of aliphatic imine (C=N–C) groups is 1. The van der Waals surface area contributed by atoms with Gasteiger partial charge in [-0.3, -0.25) is 9.69 Å². The minimum absolute atomic E-state index is 0.146. The second kappa shape index (κ2) is 7.44. The SMILES string of the molecule is CCN1C(=O)C(=Cc2ccc(I)o2)SC1=Nc1cccc(C(=O)O)c1.